The Labute approximate surface area is 196 Å². The van der Waals surface area contributed by atoms with Gasteiger partial charge in [-0.05, 0) is 62.4 Å². The molecule has 2 aliphatic rings. The van der Waals surface area contributed by atoms with Crippen LogP contribution in [0.2, 0.25) is 0 Å². The molecule has 0 aromatic heterocycles. The molecule has 2 aromatic carbocycles. The summed E-state index contributed by atoms with van der Waals surface area (Å²) in [6.07, 6.45) is 0.608. The number of hydrogen-bond donors (Lipinski definition) is 1. The van der Waals surface area contributed by atoms with Crippen molar-refractivity contribution in [2.24, 2.45) is 0 Å². The van der Waals surface area contributed by atoms with Crippen LogP contribution in [-0.4, -0.2) is 65.0 Å². The van der Waals surface area contributed by atoms with Crippen LogP contribution in [0.15, 0.2) is 48.5 Å². The van der Waals surface area contributed by atoms with Crippen LogP contribution in [0.4, 0.5) is 8.78 Å². The Morgan fingerprint density at radius 3 is 1.91 bits per heavy atom. The molecule has 2 saturated heterocycles. The van der Waals surface area contributed by atoms with Crippen molar-refractivity contribution < 1.29 is 27.9 Å². The highest BCUT2D eigenvalue weighted by Gasteiger charge is 2.54. The molecule has 7 nitrogen and oxygen atoms in total. The lowest BCUT2D eigenvalue weighted by molar-refractivity contribution is -0.128. The molecule has 34 heavy (non-hydrogen) atoms. The number of rotatable bonds is 4. The summed E-state index contributed by atoms with van der Waals surface area (Å²) in [5.74, 6) is -1.88. The second-order valence-corrected chi connectivity index (χ2v) is 8.92. The standard InChI is InChI=1S/C25H27F2N3O4/c1-16(2)28-22(31)21-15-34-25(30(21)24(33)18-5-9-20(27)10-6-18)11-13-29(14-12-25)23(32)17-3-7-19(26)8-4-17/h3-10,16,21H,11-15H2,1-2H3,(H,28,31). The maximum atomic E-state index is 13.5. The largest absolute Gasteiger partial charge is 0.353 e. The molecule has 1 N–H and O–H groups in total. The van der Waals surface area contributed by atoms with E-state index in [4.69, 9.17) is 4.74 Å². The van der Waals surface area contributed by atoms with Gasteiger partial charge in [0.25, 0.3) is 11.8 Å². The minimum absolute atomic E-state index is 0.0252. The van der Waals surface area contributed by atoms with Crippen LogP contribution in [0, 0.1) is 11.6 Å². The van der Waals surface area contributed by atoms with Crippen LogP contribution in [-0.2, 0) is 9.53 Å². The summed E-state index contributed by atoms with van der Waals surface area (Å²) in [5, 5.41) is 2.84. The quantitative estimate of drug-likeness (QED) is 0.744. The summed E-state index contributed by atoms with van der Waals surface area (Å²) < 4.78 is 32.8. The zero-order chi connectivity index (χ0) is 24.5. The van der Waals surface area contributed by atoms with Crippen molar-refractivity contribution in [2.75, 3.05) is 19.7 Å². The normalized spacial score (nSPS) is 19.5. The third kappa shape index (κ3) is 4.65. The van der Waals surface area contributed by atoms with Gasteiger partial charge in [-0.3, -0.25) is 19.3 Å². The number of nitrogens with one attached hydrogen (secondary N) is 1. The van der Waals surface area contributed by atoms with Crippen LogP contribution < -0.4 is 5.32 Å². The number of likely N-dealkylation sites (tertiary alicyclic amines) is 1. The fourth-order valence-corrected chi connectivity index (χ4v) is 4.51. The molecule has 1 unspecified atom stereocenters. The third-order valence-electron chi connectivity index (χ3n) is 6.23. The predicted octanol–water partition coefficient (Wildman–Crippen LogP) is 2.96. The number of nitrogens with zero attached hydrogens (tertiary/aromatic N) is 2. The number of halogens is 2. The molecule has 2 heterocycles. The summed E-state index contributed by atoms with van der Waals surface area (Å²) in [6, 6.07) is 9.53. The molecule has 1 spiro atoms. The zero-order valence-electron chi connectivity index (χ0n) is 19.1. The molecule has 4 rings (SSSR count). The number of hydrogen-bond acceptors (Lipinski definition) is 4. The molecular weight excluding hydrogens is 444 g/mol. The average molecular weight is 472 g/mol. The van der Waals surface area contributed by atoms with E-state index >= 15 is 0 Å². The highest BCUT2D eigenvalue weighted by Crippen LogP contribution is 2.39. The van der Waals surface area contributed by atoms with Gasteiger partial charge in [0, 0.05) is 43.1 Å². The van der Waals surface area contributed by atoms with Crippen LogP contribution in [0.1, 0.15) is 47.4 Å². The van der Waals surface area contributed by atoms with Gasteiger partial charge in [0.05, 0.1) is 6.61 Å². The van der Waals surface area contributed by atoms with E-state index in [1.807, 2.05) is 13.8 Å². The molecule has 0 bridgehead atoms. The SMILES string of the molecule is CC(C)NC(=O)C1COC2(CCN(C(=O)c3ccc(F)cc3)CC2)N1C(=O)c1ccc(F)cc1. The van der Waals surface area contributed by atoms with Crippen LogP contribution in [0.5, 0.6) is 0 Å². The number of carbonyl (C=O) groups is 3. The molecule has 0 saturated carbocycles. The number of piperidine rings is 1. The summed E-state index contributed by atoms with van der Waals surface area (Å²) in [4.78, 5) is 42.4. The average Bonchev–Trinajstić information content (AvgIpc) is 3.18. The monoisotopic (exact) mass is 471 g/mol. The molecule has 2 aliphatic heterocycles. The van der Waals surface area contributed by atoms with E-state index in [1.54, 1.807) is 4.90 Å². The minimum atomic E-state index is -1.07. The molecular formula is C25H27F2N3O4. The first kappa shape index (κ1) is 23.8. The molecule has 2 aromatic rings. The van der Waals surface area contributed by atoms with Crippen molar-refractivity contribution in [3.8, 4) is 0 Å². The van der Waals surface area contributed by atoms with Crippen LogP contribution in [0.3, 0.4) is 0 Å². The summed E-state index contributed by atoms with van der Waals surface area (Å²) in [5.41, 5.74) is -0.444. The van der Waals surface area contributed by atoms with E-state index in [1.165, 1.54) is 53.4 Å². The van der Waals surface area contributed by atoms with Gasteiger partial charge in [-0.1, -0.05) is 0 Å². The van der Waals surface area contributed by atoms with Crippen LogP contribution in [0.25, 0.3) is 0 Å². The van der Waals surface area contributed by atoms with Gasteiger partial charge in [-0.15, -0.1) is 0 Å². The second-order valence-electron chi connectivity index (χ2n) is 8.92. The maximum absolute atomic E-state index is 13.5. The van der Waals surface area contributed by atoms with Crippen molar-refractivity contribution in [3.63, 3.8) is 0 Å². The van der Waals surface area contributed by atoms with E-state index in [2.05, 4.69) is 5.32 Å². The van der Waals surface area contributed by atoms with E-state index in [0.717, 1.165) is 0 Å². The zero-order valence-corrected chi connectivity index (χ0v) is 19.1. The molecule has 180 valence electrons. The van der Waals surface area contributed by atoms with E-state index < -0.39 is 29.3 Å². The molecule has 0 aliphatic carbocycles. The fourth-order valence-electron chi connectivity index (χ4n) is 4.51. The lowest BCUT2D eigenvalue weighted by Gasteiger charge is -2.44. The first-order chi connectivity index (χ1) is 16.2. The molecule has 1 atom stereocenters. The summed E-state index contributed by atoms with van der Waals surface area (Å²) in [6.45, 7) is 4.27. The van der Waals surface area contributed by atoms with Gasteiger partial charge in [0.15, 0.2) is 0 Å². The van der Waals surface area contributed by atoms with Gasteiger partial charge in [0.2, 0.25) is 5.91 Å². The van der Waals surface area contributed by atoms with Crippen molar-refractivity contribution in [1.29, 1.82) is 0 Å². The number of carbonyl (C=O) groups excluding carboxylic acids is 3. The Morgan fingerprint density at radius 2 is 1.41 bits per heavy atom. The van der Waals surface area contributed by atoms with Crippen molar-refractivity contribution >= 4 is 17.7 Å². The first-order valence-electron chi connectivity index (χ1n) is 11.3. The van der Waals surface area contributed by atoms with Gasteiger partial charge in [0.1, 0.15) is 23.4 Å². The fraction of sp³-hybridized carbons (Fsp3) is 0.400. The molecule has 0 radical (unpaired) electrons. The molecule has 2 fully saturated rings. The molecule has 3 amide bonds. The number of benzene rings is 2. The highest BCUT2D eigenvalue weighted by molar-refractivity contribution is 5.98. The Kier molecular flexibility index (Phi) is 6.65. The summed E-state index contributed by atoms with van der Waals surface area (Å²) in [7, 11) is 0. The first-order valence-corrected chi connectivity index (χ1v) is 11.3. The minimum Gasteiger partial charge on any atom is -0.353 e. The van der Waals surface area contributed by atoms with Crippen LogP contribution >= 0.6 is 0 Å². The van der Waals surface area contributed by atoms with Crippen molar-refractivity contribution in [3.05, 3.63) is 71.3 Å². The van der Waals surface area contributed by atoms with E-state index in [-0.39, 0.29) is 30.0 Å². The number of amides is 3. The summed E-state index contributed by atoms with van der Waals surface area (Å²) >= 11 is 0. The Morgan fingerprint density at radius 1 is 0.912 bits per heavy atom. The second kappa shape index (κ2) is 9.50. The van der Waals surface area contributed by atoms with Gasteiger partial charge in [-0.25, -0.2) is 8.78 Å². The van der Waals surface area contributed by atoms with Gasteiger partial charge in [-0.2, -0.15) is 0 Å². The highest BCUT2D eigenvalue weighted by atomic mass is 19.1. The van der Waals surface area contributed by atoms with Gasteiger partial charge >= 0.3 is 0 Å². The molecule has 9 heteroatoms. The Balaban J connectivity index is 1.57. The third-order valence-corrected chi connectivity index (χ3v) is 6.23. The van der Waals surface area contributed by atoms with Crippen molar-refractivity contribution in [2.45, 2.75) is 44.5 Å². The Bertz CT molecular complexity index is 1060. The number of ether oxygens (including phenoxy) is 1. The topological polar surface area (TPSA) is 79.0 Å². The van der Waals surface area contributed by atoms with Gasteiger partial charge < -0.3 is 15.0 Å². The predicted molar refractivity (Wildman–Crippen MR) is 120 cm³/mol. The van der Waals surface area contributed by atoms with E-state index in [0.29, 0.717) is 31.5 Å². The maximum Gasteiger partial charge on any atom is 0.256 e. The van der Waals surface area contributed by atoms with Crippen molar-refractivity contribution in [1.82, 2.24) is 15.1 Å². The lowest BCUT2D eigenvalue weighted by Crippen LogP contribution is -2.60. The van der Waals surface area contributed by atoms with E-state index in [9.17, 15) is 23.2 Å². The lowest BCUT2D eigenvalue weighted by atomic mass is 9.96. The smallest absolute Gasteiger partial charge is 0.256 e. The Hall–Kier alpha value is -3.33.